The summed E-state index contributed by atoms with van der Waals surface area (Å²) in [5, 5.41) is 14.2. The SMILES string of the molecule is Cc1ccc(N2C(=O)[C@H]3[C@@H](C2=O)[C@]2(C(=O)Nc4ccc(F)cc42)N2CCC[C@@H]32)cc1[N+](=O)[O-]. The van der Waals surface area contributed by atoms with Crippen LogP contribution in [0.2, 0.25) is 0 Å². The van der Waals surface area contributed by atoms with E-state index in [0.29, 0.717) is 29.8 Å². The lowest BCUT2D eigenvalue weighted by Crippen LogP contribution is -2.54. The molecular formula is C23H19FN4O5. The van der Waals surface area contributed by atoms with Gasteiger partial charge in [0.05, 0.1) is 22.4 Å². The highest BCUT2D eigenvalue weighted by molar-refractivity contribution is 6.26. The molecule has 3 fully saturated rings. The molecule has 6 rings (SSSR count). The van der Waals surface area contributed by atoms with E-state index in [4.69, 9.17) is 0 Å². The fourth-order valence-electron chi connectivity index (χ4n) is 6.36. The second-order valence-corrected chi connectivity index (χ2v) is 9.06. The molecule has 4 aliphatic rings. The summed E-state index contributed by atoms with van der Waals surface area (Å²) in [6, 6.07) is 7.84. The van der Waals surface area contributed by atoms with Gasteiger partial charge in [0.2, 0.25) is 17.7 Å². The van der Waals surface area contributed by atoms with E-state index in [0.717, 1.165) is 11.3 Å². The van der Waals surface area contributed by atoms with Crippen molar-refractivity contribution in [3.8, 4) is 0 Å². The molecule has 9 nitrogen and oxygen atoms in total. The minimum Gasteiger partial charge on any atom is -0.324 e. The van der Waals surface area contributed by atoms with Crippen molar-refractivity contribution in [2.45, 2.75) is 31.3 Å². The number of nitrogens with zero attached hydrogens (tertiary/aromatic N) is 3. The highest BCUT2D eigenvalue weighted by Gasteiger charge is 2.74. The van der Waals surface area contributed by atoms with E-state index >= 15 is 0 Å². The van der Waals surface area contributed by atoms with Crippen LogP contribution in [0.15, 0.2) is 36.4 Å². The number of aryl methyl sites for hydroxylation is 1. The first kappa shape index (κ1) is 20.0. The van der Waals surface area contributed by atoms with Gasteiger partial charge in [0, 0.05) is 28.9 Å². The summed E-state index contributed by atoms with van der Waals surface area (Å²) in [5.41, 5.74) is -0.382. The predicted octanol–water partition coefficient (Wildman–Crippen LogP) is 2.47. The Labute approximate surface area is 187 Å². The first-order valence-corrected chi connectivity index (χ1v) is 10.8. The molecule has 2 aromatic carbocycles. The fourth-order valence-corrected chi connectivity index (χ4v) is 6.36. The molecule has 33 heavy (non-hydrogen) atoms. The monoisotopic (exact) mass is 450 g/mol. The van der Waals surface area contributed by atoms with Crippen LogP contribution in [0.1, 0.15) is 24.0 Å². The third-order valence-electron chi connectivity index (χ3n) is 7.60. The molecule has 168 valence electrons. The van der Waals surface area contributed by atoms with Crippen molar-refractivity contribution in [1.29, 1.82) is 0 Å². The first-order chi connectivity index (χ1) is 15.8. The topological polar surface area (TPSA) is 113 Å². The zero-order valence-corrected chi connectivity index (χ0v) is 17.6. The maximum atomic E-state index is 14.3. The minimum absolute atomic E-state index is 0.106. The molecule has 4 aliphatic heterocycles. The van der Waals surface area contributed by atoms with E-state index in [-0.39, 0.29) is 17.4 Å². The molecule has 3 saturated heterocycles. The maximum Gasteiger partial charge on any atom is 0.274 e. The second-order valence-electron chi connectivity index (χ2n) is 9.06. The van der Waals surface area contributed by atoms with Crippen molar-refractivity contribution < 1.29 is 23.7 Å². The van der Waals surface area contributed by atoms with Crippen molar-refractivity contribution in [3.63, 3.8) is 0 Å². The Bertz CT molecular complexity index is 1300. The Kier molecular flexibility index (Phi) is 3.90. The standard InChI is InChI=1S/C23H19FN4O5/c1-11-4-6-13(10-17(11)28(32)33)27-20(29)18-16-3-2-8-26(16)23(19(18)21(27)30)14-9-12(24)5-7-15(14)25-22(23)31/h4-7,9-10,16,18-19H,2-3,8H2,1H3,(H,25,31)/t16-,18+,19-,23+/m0/s1. The van der Waals surface area contributed by atoms with Crippen LogP contribution in [0, 0.1) is 34.7 Å². The maximum absolute atomic E-state index is 14.3. The van der Waals surface area contributed by atoms with E-state index in [1.54, 1.807) is 6.92 Å². The van der Waals surface area contributed by atoms with Crippen molar-refractivity contribution in [3.05, 3.63) is 63.5 Å². The van der Waals surface area contributed by atoms with Crippen LogP contribution in [0.25, 0.3) is 0 Å². The highest BCUT2D eigenvalue weighted by atomic mass is 19.1. The van der Waals surface area contributed by atoms with Gasteiger partial charge in [-0.25, -0.2) is 9.29 Å². The first-order valence-electron chi connectivity index (χ1n) is 10.8. The van der Waals surface area contributed by atoms with Gasteiger partial charge in [0.25, 0.3) is 5.69 Å². The quantitative estimate of drug-likeness (QED) is 0.427. The molecule has 4 atom stereocenters. The lowest BCUT2D eigenvalue weighted by Gasteiger charge is -2.36. The van der Waals surface area contributed by atoms with E-state index < -0.39 is 45.8 Å². The third kappa shape index (κ3) is 2.31. The highest BCUT2D eigenvalue weighted by Crippen LogP contribution is 2.60. The smallest absolute Gasteiger partial charge is 0.274 e. The van der Waals surface area contributed by atoms with Gasteiger partial charge in [-0.3, -0.25) is 29.4 Å². The number of benzene rings is 2. The van der Waals surface area contributed by atoms with E-state index in [1.165, 1.54) is 36.4 Å². The van der Waals surface area contributed by atoms with Crippen molar-refractivity contribution in [2.75, 3.05) is 16.8 Å². The second kappa shape index (κ2) is 6.44. The summed E-state index contributed by atoms with van der Waals surface area (Å²) < 4.78 is 14.3. The van der Waals surface area contributed by atoms with Crippen molar-refractivity contribution in [2.24, 2.45) is 11.8 Å². The molecule has 1 N–H and O–H groups in total. The van der Waals surface area contributed by atoms with Crippen LogP contribution in [-0.4, -0.2) is 40.1 Å². The number of amides is 3. The Balaban J connectivity index is 1.54. The molecule has 3 amide bonds. The van der Waals surface area contributed by atoms with Gasteiger partial charge in [-0.2, -0.15) is 0 Å². The Morgan fingerprint density at radius 2 is 1.94 bits per heavy atom. The number of nitro benzene ring substituents is 1. The molecule has 0 aliphatic carbocycles. The lowest BCUT2D eigenvalue weighted by atomic mass is 9.75. The number of rotatable bonds is 2. The van der Waals surface area contributed by atoms with Crippen LogP contribution in [0.4, 0.5) is 21.5 Å². The summed E-state index contributed by atoms with van der Waals surface area (Å²) >= 11 is 0. The van der Waals surface area contributed by atoms with Crippen LogP contribution in [0.3, 0.4) is 0 Å². The van der Waals surface area contributed by atoms with Gasteiger partial charge in [0.1, 0.15) is 11.4 Å². The number of hydrogen-bond acceptors (Lipinski definition) is 6. The zero-order chi connectivity index (χ0) is 23.2. The number of hydrogen-bond donors (Lipinski definition) is 1. The van der Waals surface area contributed by atoms with Crippen LogP contribution in [0.5, 0.6) is 0 Å². The van der Waals surface area contributed by atoms with Gasteiger partial charge < -0.3 is 5.32 Å². The normalized spacial score (nSPS) is 30.1. The van der Waals surface area contributed by atoms with Crippen LogP contribution in [-0.2, 0) is 19.9 Å². The molecule has 1 spiro atoms. The van der Waals surface area contributed by atoms with Gasteiger partial charge in [-0.05, 0) is 50.6 Å². The van der Waals surface area contributed by atoms with E-state index in [2.05, 4.69) is 5.32 Å². The molecule has 0 saturated carbocycles. The number of carbonyl (C=O) groups is 3. The summed E-state index contributed by atoms with van der Waals surface area (Å²) in [5.74, 6) is -3.88. The summed E-state index contributed by atoms with van der Waals surface area (Å²) in [7, 11) is 0. The molecule has 0 radical (unpaired) electrons. The van der Waals surface area contributed by atoms with Crippen LogP contribution < -0.4 is 10.2 Å². The fraction of sp³-hybridized carbons (Fsp3) is 0.348. The van der Waals surface area contributed by atoms with Crippen LogP contribution >= 0.6 is 0 Å². The van der Waals surface area contributed by atoms with Gasteiger partial charge in [0.15, 0.2) is 0 Å². The Morgan fingerprint density at radius 1 is 1.15 bits per heavy atom. The number of imide groups is 1. The average Bonchev–Trinajstić information content (AvgIpc) is 3.47. The molecule has 2 aromatic rings. The minimum atomic E-state index is -1.48. The largest absolute Gasteiger partial charge is 0.324 e. The average molecular weight is 450 g/mol. The third-order valence-corrected chi connectivity index (χ3v) is 7.60. The number of anilines is 2. The summed E-state index contributed by atoms with van der Waals surface area (Å²) in [4.78, 5) is 54.7. The molecule has 4 heterocycles. The molecule has 0 bridgehead atoms. The Hall–Kier alpha value is -3.66. The number of nitro groups is 1. The predicted molar refractivity (Wildman–Crippen MR) is 114 cm³/mol. The van der Waals surface area contributed by atoms with Gasteiger partial charge in [-0.15, -0.1) is 0 Å². The number of nitrogens with one attached hydrogen (secondary N) is 1. The zero-order valence-electron chi connectivity index (χ0n) is 17.6. The Morgan fingerprint density at radius 3 is 2.70 bits per heavy atom. The number of carbonyl (C=O) groups excluding carboxylic acids is 3. The summed E-state index contributed by atoms with van der Waals surface area (Å²) in [6.07, 6.45) is 1.37. The van der Waals surface area contributed by atoms with Gasteiger partial charge in [-0.1, -0.05) is 6.07 Å². The molecule has 10 heteroatoms. The summed E-state index contributed by atoms with van der Waals surface area (Å²) in [6.45, 7) is 2.08. The lowest BCUT2D eigenvalue weighted by molar-refractivity contribution is -0.385. The molecule has 0 unspecified atom stereocenters. The van der Waals surface area contributed by atoms with Crippen molar-refractivity contribution in [1.82, 2.24) is 4.90 Å². The van der Waals surface area contributed by atoms with E-state index in [1.807, 2.05) is 4.90 Å². The van der Waals surface area contributed by atoms with E-state index in [9.17, 15) is 28.9 Å². The van der Waals surface area contributed by atoms with Gasteiger partial charge >= 0.3 is 0 Å². The van der Waals surface area contributed by atoms with Crippen molar-refractivity contribution >= 4 is 34.8 Å². The number of halogens is 1. The molecular weight excluding hydrogens is 431 g/mol. The number of fused-ring (bicyclic) bond motifs is 7. The molecule has 0 aromatic heterocycles.